The van der Waals surface area contributed by atoms with Crippen LogP contribution in [0.15, 0.2) is 107 Å². The van der Waals surface area contributed by atoms with E-state index in [4.69, 9.17) is 34.6 Å². The average molecular weight is 650 g/mol. The molecule has 0 radical (unpaired) electrons. The maximum atomic E-state index is 14.6. The lowest BCUT2D eigenvalue weighted by Gasteiger charge is -2.32. The predicted octanol–water partition coefficient (Wildman–Crippen LogP) is 6.13. The molecule has 4 aromatic carbocycles. The summed E-state index contributed by atoms with van der Waals surface area (Å²) in [5.74, 6) is 1.90. The second kappa shape index (κ2) is 16.4. The zero-order valence-electron chi connectivity index (χ0n) is 27.0. The molecule has 2 N–H and O–H groups in total. The van der Waals surface area contributed by atoms with Gasteiger partial charge in [0.25, 0.3) is 5.91 Å². The fourth-order valence-corrected chi connectivity index (χ4v) is 5.72. The summed E-state index contributed by atoms with van der Waals surface area (Å²) in [6.07, 6.45) is 0.486. The normalized spacial score (nSPS) is 16.6. The van der Waals surface area contributed by atoms with Crippen molar-refractivity contribution in [3.63, 3.8) is 0 Å². The number of azide groups is 1. The van der Waals surface area contributed by atoms with Crippen LogP contribution in [-0.4, -0.2) is 56.4 Å². The van der Waals surface area contributed by atoms with Crippen LogP contribution < -0.4 is 19.5 Å². The van der Waals surface area contributed by atoms with E-state index in [9.17, 15) is 4.79 Å². The Kier molecular flexibility index (Phi) is 11.5. The standard InChI is InChI=1S/C37H39N5O6/c1-45-32-18-13-26(23-33(32)46-2)19-20-39-36(44)37(24-27-9-4-3-5-10-27)34(31-12-7-6-11-29(31)25-40-42-38)48-35(41-37)28-14-16-30(17-15-28)47-22-8-21-43/h3-7,9-18,23,34,43H,8,19-22,24-25H2,1-2H3,(H,39,44)/t34-,37-/m1/s1. The van der Waals surface area contributed by atoms with E-state index in [0.29, 0.717) is 60.3 Å². The lowest BCUT2D eigenvalue weighted by Crippen LogP contribution is -2.50. The quantitative estimate of drug-likeness (QED) is 0.0646. The van der Waals surface area contributed by atoms with Gasteiger partial charge in [0, 0.05) is 36.5 Å². The molecule has 0 aliphatic carbocycles. The maximum absolute atomic E-state index is 14.6. The van der Waals surface area contributed by atoms with Gasteiger partial charge in [-0.3, -0.25) is 4.79 Å². The number of aliphatic hydroxyl groups is 1. The number of carbonyl (C=O) groups is 1. The van der Waals surface area contributed by atoms with E-state index < -0.39 is 11.6 Å². The lowest BCUT2D eigenvalue weighted by atomic mass is 9.80. The number of ether oxygens (including phenoxy) is 4. The molecule has 1 heterocycles. The van der Waals surface area contributed by atoms with Crippen LogP contribution in [0.25, 0.3) is 10.4 Å². The number of nitrogens with zero attached hydrogens (tertiary/aromatic N) is 4. The summed E-state index contributed by atoms with van der Waals surface area (Å²) in [6.45, 7) is 0.860. The van der Waals surface area contributed by atoms with Gasteiger partial charge in [0.15, 0.2) is 23.1 Å². The van der Waals surface area contributed by atoms with E-state index in [0.717, 1.165) is 16.7 Å². The van der Waals surface area contributed by atoms with Crippen molar-refractivity contribution in [2.24, 2.45) is 10.1 Å². The fourth-order valence-electron chi connectivity index (χ4n) is 5.72. The zero-order valence-corrected chi connectivity index (χ0v) is 27.0. The first-order valence-corrected chi connectivity index (χ1v) is 15.7. The first-order valence-electron chi connectivity index (χ1n) is 15.7. The molecule has 1 amide bonds. The minimum atomic E-state index is -1.41. The van der Waals surface area contributed by atoms with Gasteiger partial charge >= 0.3 is 0 Å². The van der Waals surface area contributed by atoms with Gasteiger partial charge in [-0.2, -0.15) is 0 Å². The summed E-state index contributed by atoms with van der Waals surface area (Å²) in [6, 6.07) is 30.2. The van der Waals surface area contributed by atoms with Gasteiger partial charge in [-0.05, 0) is 70.6 Å². The number of nitrogens with one attached hydrogen (secondary N) is 1. The van der Waals surface area contributed by atoms with Crippen molar-refractivity contribution in [1.29, 1.82) is 0 Å². The second-order valence-electron chi connectivity index (χ2n) is 11.2. The Bertz CT molecular complexity index is 1760. The topological polar surface area (TPSA) is 147 Å². The van der Waals surface area contributed by atoms with Gasteiger partial charge in [0.05, 0.1) is 27.4 Å². The molecule has 0 saturated heterocycles. The molecule has 0 aromatic heterocycles. The molecule has 1 aliphatic rings. The third-order valence-electron chi connectivity index (χ3n) is 8.14. The van der Waals surface area contributed by atoms with Crippen molar-refractivity contribution in [1.82, 2.24) is 5.32 Å². The third-order valence-corrected chi connectivity index (χ3v) is 8.14. The number of aliphatic imine (C=N–C) groups is 1. The molecule has 4 aromatic rings. The Hall–Kier alpha value is -5.51. The van der Waals surface area contributed by atoms with Crippen molar-refractivity contribution < 1.29 is 28.8 Å². The van der Waals surface area contributed by atoms with Crippen LogP contribution in [-0.2, 0) is 28.9 Å². The Labute approximate surface area is 279 Å². The molecule has 48 heavy (non-hydrogen) atoms. The molecule has 1 aliphatic heterocycles. The summed E-state index contributed by atoms with van der Waals surface area (Å²) in [5, 5.41) is 16.1. The first-order chi connectivity index (χ1) is 23.5. The molecule has 11 nitrogen and oxygen atoms in total. The maximum Gasteiger partial charge on any atom is 0.252 e. The van der Waals surface area contributed by atoms with Crippen LogP contribution in [0.1, 0.15) is 40.3 Å². The highest BCUT2D eigenvalue weighted by atomic mass is 16.5. The van der Waals surface area contributed by atoms with Crippen molar-refractivity contribution in [2.75, 3.05) is 34.0 Å². The largest absolute Gasteiger partial charge is 0.494 e. The van der Waals surface area contributed by atoms with E-state index in [1.165, 1.54) is 0 Å². The summed E-state index contributed by atoms with van der Waals surface area (Å²) in [5.41, 5.74) is 11.7. The van der Waals surface area contributed by atoms with Crippen LogP contribution in [0.5, 0.6) is 17.2 Å². The second-order valence-corrected chi connectivity index (χ2v) is 11.2. The number of amides is 1. The smallest absolute Gasteiger partial charge is 0.252 e. The molecule has 11 heteroatoms. The van der Waals surface area contributed by atoms with E-state index in [1.54, 1.807) is 14.2 Å². The highest BCUT2D eigenvalue weighted by Gasteiger charge is 2.53. The Morgan fingerprint density at radius 1 is 0.979 bits per heavy atom. The predicted molar refractivity (Wildman–Crippen MR) is 182 cm³/mol. The number of carbonyl (C=O) groups excluding carboxylic acids is 1. The van der Waals surface area contributed by atoms with E-state index >= 15 is 0 Å². The molecule has 248 valence electrons. The van der Waals surface area contributed by atoms with Crippen LogP contribution >= 0.6 is 0 Å². The number of methoxy groups -OCH3 is 2. The highest BCUT2D eigenvalue weighted by Crippen LogP contribution is 2.44. The molecule has 0 spiro atoms. The van der Waals surface area contributed by atoms with Crippen molar-refractivity contribution in [3.05, 3.63) is 135 Å². The molecule has 2 atom stereocenters. The Balaban J connectivity index is 1.53. The number of aliphatic hydroxyl groups excluding tert-OH is 1. The third kappa shape index (κ3) is 7.88. The summed E-state index contributed by atoms with van der Waals surface area (Å²) < 4.78 is 23.2. The number of rotatable bonds is 16. The van der Waals surface area contributed by atoms with Gasteiger partial charge in [-0.25, -0.2) is 4.99 Å². The minimum absolute atomic E-state index is 0.0467. The SMILES string of the molecule is COc1ccc(CCNC(=O)[C@]2(Cc3ccccc3)N=C(c3ccc(OCCCO)cc3)O[C@@H]2c2ccccc2CN=[N+]=[N-])cc1OC. The minimum Gasteiger partial charge on any atom is -0.494 e. The number of benzene rings is 4. The van der Waals surface area contributed by atoms with Gasteiger partial charge in [0.1, 0.15) is 5.75 Å². The van der Waals surface area contributed by atoms with Crippen LogP contribution in [0.3, 0.4) is 0 Å². The summed E-state index contributed by atoms with van der Waals surface area (Å²) in [4.78, 5) is 22.7. The van der Waals surface area contributed by atoms with Gasteiger partial charge in [-0.1, -0.05) is 65.8 Å². The number of hydrogen-bond donors (Lipinski definition) is 2. The summed E-state index contributed by atoms with van der Waals surface area (Å²) in [7, 11) is 3.18. The van der Waals surface area contributed by atoms with Crippen LogP contribution in [0.2, 0.25) is 0 Å². The van der Waals surface area contributed by atoms with Crippen molar-refractivity contribution >= 4 is 11.8 Å². The molecular weight excluding hydrogens is 610 g/mol. The van der Waals surface area contributed by atoms with Crippen LogP contribution in [0, 0.1) is 0 Å². The molecular formula is C37H39N5O6. The molecule has 0 saturated carbocycles. The van der Waals surface area contributed by atoms with E-state index in [-0.39, 0.29) is 25.5 Å². The van der Waals surface area contributed by atoms with Crippen LogP contribution in [0.4, 0.5) is 0 Å². The Morgan fingerprint density at radius 3 is 2.46 bits per heavy atom. The molecule has 5 rings (SSSR count). The number of hydrogen-bond acceptors (Lipinski definition) is 8. The van der Waals surface area contributed by atoms with Gasteiger partial charge < -0.3 is 29.4 Å². The first kappa shape index (κ1) is 33.8. The molecule has 0 fully saturated rings. The van der Waals surface area contributed by atoms with E-state index in [1.807, 2.05) is 97.1 Å². The zero-order chi connectivity index (χ0) is 33.8. The fraction of sp³-hybridized carbons (Fsp3) is 0.297. The van der Waals surface area contributed by atoms with Gasteiger partial charge in [0.2, 0.25) is 5.90 Å². The van der Waals surface area contributed by atoms with Gasteiger partial charge in [-0.15, -0.1) is 0 Å². The molecule has 0 bridgehead atoms. The van der Waals surface area contributed by atoms with Crippen molar-refractivity contribution in [2.45, 2.75) is 37.5 Å². The Morgan fingerprint density at radius 2 is 1.73 bits per heavy atom. The van der Waals surface area contributed by atoms with Crippen molar-refractivity contribution in [3.8, 4) is 17.2 Å². The summed E-state index contributed by atoms with van der Waals surface area (Å²) >= 11 is 0. The molecule has 0 unspecified atom stereocenters. The highest BCUT2D eigenvalue weighted by molar-refractivity contribution is 6.01. The lowest BCUT2D eigenvalue weighted by molar-refractivity contribution is -0.128. The monoisotopic (exact) mass is 649 g/mol. The average Bonchev–Trinajstić information content (AvgIpc) is 3.51. The van der Waals surface area contributed by atoms with E-state index in [2.05, 4.69) is 15.3 Å².